The van der Waals surface area contributed by atoms with Crippen LogP contribution in [0.3, 0.4) is 0 Å². The highest BCUT2D eigenvalue weighted by Gasteiger charge is 2.09. The van der Waals surface area contributed by atoms with Crippen LogP contribution >= 0.6 is 0 Å². The second-order valence-corrected chi connectivity index (χ2v) is 5.03. The predicted molar refractivity (Wildman–Crippen MR) is 80.1 cm³/mol. The number of hydrogen-bond donors (Lipinski definition) is 0. The van der Waals surface area contributed by atoms with Gasteiger partial charge in [0.15, 0.2) is 0 Å². The molecule has 3 rings (SSSR count). The van der Waals surface area contributed by atoms with Gasteiger partial charge in [-0.25, -0.2) is 4.39 Å². The number of benzene rings is 2. The number of halogens is 1. The standard InChI is InChI=1S/C15H12FN5O2/c1-10-8-12(4-7-14(10)16)15-17-19-20(18-15)9-11-2-5-13(6-3-11)21(22)23/h2-8H,9H2,1H3. The fourth-order valence-electron chi connectivity index (χ4n) is 2.10. The summed E-state index contributed by atoms with van der Waals surface area (Å²) in [6, 6.07) is 10.7. The molecule has 0 atom stereocenters. The molecule has 0 N–H and O–H groups in total. The topological polar surface area (TPSA) is 86.7 Å². The van der Waals surface area contributed by atoms with E-state index in [2.05, 4.69) is 15.4 Å². The average Bonchev–Trinajstić information content (AvgIpc) is 2.99. The molecular weight excluding hydrogens is 301 g/mol. The minimum atomic E-state index is -0.452. The molecule has 7 nitrogen and oxygen atoms in total. The summed E-state index contributed by atoms with van der Waals surface area (Å²) in [6.07, 6.45) is 0. The number of nitro benzene ring substituents is 1. The molecule has 0 radical (unpaired) electrons. The van der Waals surface area contributed by atoms with E-state index >= 15 is 0 Å². The van der Waals surface area contributed by atoms with Crippen molar-refractivity contribution in [2.45, 2.75) is 13.5 Å². The van der Waals surface area contributed by atoms with Crippen LogP contribution in [0.25, 0.3) is 11.4 Å². The Balaban J connectivity index is 1.79. The Morgan fingerprint density at radius 2 is 1.96 bits per heavy atom. The summed E-state index contributed by atoms with van der Waals surface area (Å²) in [7, 11) is 0. The van der Waals surface area contributed by atoms with Crippen LogP contribution in [0.5, 0.6) is 0 Å². The molecule has 0 aliphatic carbocycles. The van der Waals surface area contributed by atoms with E-state index in [1.54, 1.807) is 31.2 Å². The summed E-state index contributed by atoms with van der Waals surface area (Å²) in [6.45, 7) is 2.01. The molecule has 116 valence electrons. The van der Waals surface area contributed by atoms with E-state index in [4.69, 9.17) is 0 Å². The molecule has 0 saturated carbocycles. The highest BCUT2D eigenvalue weighted by molar-refractivity contribution is 5.55. The van der Waals surface area contributed by atoms with E-state index in [0.717, 1.165) is 5.56 Å². The van der Waals surface area contributed by atoms with Crippen LogP contribution < -0.4 is 0 Å². The summed E-state index contributed by atoms with van der Waals surface area (Å²) in [5, 5.41) is 22.8. The van der Waals surface area contributed by atoms with Crippen molar-refractivity contribution in [3.05, 3.63) is 69.5 Å². The Kier molecular flexibility index (Phi) is 3.80. The van der Waals surface area contributed by atoms with Gasteiger partial charge in [0.1, 0.15) is 5.82 Å². The van der Waals surface area contributed by atoms with Gasteiger partial charge in [0.25, 0.3) is 5.69 Å². The van der Waals surface area contributed by atoms with E-state index in [1.807, 2.05) is 0 Å². The third kappa shape index (κ3) is 3.20. The van der Waals surface area contributed by atoms with Gasteiger partial charge in [0.2, 0.25) is 5.82 Å². The number of nitro groups is 1. The van der Waals surface area contributed by atoms with Crippen molar-refractivity contribution in [2.75, 3.05) is 0 Å². The molecule has 0 saturated heterocycles. The Hall–Kier alpha value is -3.16. The number of aryl methyl sites for hydroxylation is 1. The van der Waals surface area contributed by atoms with Crippen molar-refractivity contribution in [3.8, 4) is 11.4 Å². The molecule has 0 aliphatic rings. The molecule has 2 aromatic carbocycles. The molecular formula is C15H12FN5O2. The lowest BCUT2D eigenvalue weighted by atomic mass is 10.1. The van der Waals surface area contributed by atoms with Gasteiger partial charge < -0.3 is 0 Å². The molecule has 0 bridgehead atoms. The average molecular weight is 313 g/mol. The first-order chi connectivity index (χ1) is 11.0. The maximum Gasteiger partial charge on any atom is 0.269 e. The van der Waals surface area contributed by atoms with E-state index in [1.165, 1.54) is 23.0 Å². The molecule has 0 spiro atoms. The summed E-state index contributed by atoms with van der Waals surface area (Å²) >= 11 is 0. The zero-order chi connectivity index (χ0) is 16.4. The zero-order valence-electron chi connectivity index (χ0n) is 12.2. The number of aromatic nitrogens is 4. The lowest BCUT2D eigenvalue weighted by Crippen LogP contribution is -2.04. The van der Waals surface area contributed by atoms with Crippen molar-refractivity contribution in [3.63, 3.8) is 0 Å². The second-order valence-electron chi connectivity index (χ2n) is 5.03. The number of tetrazole rings is 1. The summed E-state index contributed by atoms with van der Waals surface area (Å²) < 4.78 is 13.3. The molecule has 8 heteroatoms. The number of hydrogen-bond acceptors (Lipinski definition) is 5. The molecule has 0 unspecified atom stereocenters. The highest BCUT2D eigenvalue weighted by atomic mass is 19.1. The molecule has 0 fully saturated rings. The second kappa shape index (κ2) is 5.91. The molecule has 23 heavy (non-hydrogen) atoms. The SMILES string of the molecule is Cc1cc(-c2nnn(Cc3ccc([N+](=O)[O-])cc3)n2)ccc1F. The molecule has 1 heterocycles. The highest BCUT2D eigenvalue weighted by Crippen LogP contribution is 2.18. The first-order valence-corrected chi connectivity index (χ1v) is 6.80. The van der Waals surface area contributed by atoms with Gasteiger partial charge in [-0.1, -0.05) is 12.1 Å². The normalized spacial score (nSPS) is 10.7. The van der Waals surface area contributed by atoms with Crippen LogP contribution in [0.1, 0.15) is 11.1 Å². The number of rotatable bonds is 4. The fraction of sp³-hybridized carbons (Fsp3) is 0.133. The Bertz CT molecular complexity index is 861. The van der Waals surface area contributed by atoms with Crippen LogP contribution in [-0.4, -0.2) is 25.1 Å². The summed E-state index contributed by atoms with van der Waals surface area (Å²) in [5.41, 5.74) is 2.03. The van der Waals surface area contributed by atoms with E-state index in [9.17, 15) is 14.5 Å². The van der Waals surface area contributed by atoms with Gasteiger partial charge in [-0.2, -0.15) is 4.80 Å². The van der Waals surface area contributed by atoms with Crippen molar-refractivity contribution in [2.24, 2.45) is 0 Å². The Morgan fingerprint density at radius 1 is 1.22 bits per heavy atom. The largest absolute Gasteiger partial charge is 0.269 e. The van der Waals surface area contributed by atoms with Gasteiger partial charge in [-0.05, 0) is 41.5 Å². The van der Waals surface area contributed by atoms with Crippen molar-refractivity contribution < 1.29 is 9.31 Å². The third-order valence-electron chi connectivity index (χ3n) is 3.34. The zero-order valence-corrected chi connectivity index (χ0v) is 12.2. The molecule has 1 aromatic heterocycles. The minimum Gasteiger partial charge on any atom is -0.258 e. The Morgan fingerprint density at radius 3 is 2.61 bits per heavy atom. The lowest BCUT2D eigenvalue weighted by molar-refractivity contribution is -0.384. The molecule has 3 aromatic rings. The fourth-order valence-corrected chi connectivity index (χ4v) is 2.10. The Labute approximate surface area is 130 Å². The van der Waals surface area contributed by atoms with E-state index in [-0.39, 0.29) is 11.5 Å². The summed E-state index contributed by atoms with van der Waals surface area (Å²) in [5.74, 6) is 0.113. The van der Waals surface area contributed by atoms with Gasteiger partial charge in [-0.3, -0.25) is 10.1 Å². The van der Waals surface area contributed by atoms with E-state index in [0.29, 0.717) is 23.5 Å². The summed E-state index contributed by atoms with van der Waals surface area (Å²) in [4.78, 5) is 11.6. The van der Waals surface area contributed by atoms with Crippen molar-refractivity contribution >= 4 is 5.69 Å². The quantitative estimate of drug-likeness (QED) is 0.546. The van der Waals surface area contributed by atoms with Gasteiger partial charge >= 0.3 is 0 Å². The van der Waals surface area contributed by atoms with Gasteiger partial charge in [0.05, 0.1) is 11.5 Å². The monoisotopic (exact) mass is 313 g/mol. The van der Waals surface area contributed by atoms with Crippen LogP contribution in [-0.2, 0) is 6.54 Å². The maximum atomic E-state index is 13.3. The maximum absolute atomic E-state index is 13.3. The van der Waals surface area contributed by atoms with Crippen molar-refractivity contribution in [1.29, 1.82) is 0 Å². The van der Waals surface area contributed by atoms with Gasteiger partial charge in [0, 0.05) is 17.7 Å². The first-order valence-electron chi connectivity index (χ1n) is 6.80. The smallest absolute Gasteiger partial charge is 0.258 e. The van der Waals surface area contributed by atoms with Crippen molar-refractivity contribution in [1.82, 2.24) is 20.2 Å². The number of nitrogens with zero attached hydrogens (tertiary/aromatic N) is 5. The van der Waals surface area contributed by atoms with Crippen LogP contribution in [0.15, 0.2) is 42.5 Å². The molecule has 0 aliphatic heterocycles. The van der Waals surface area contributed by atoms with E-state index < -0.39 is 4.92 Å². The predicted octanol–water partition coefficient (Wildman–Crippen LogP) is 2.74. The van der Waals surface area contributed by atoms with Crippen LogP contribution in [0, 0.1) is 22.9 Å². The van der Waals surface area contributed by atoms with Crippen LogP contribution in [0.4, 0.5) is 10.1 Å². The molecule has 0 amide bonds. The lowest BCUT2D eigenvalue weighted by Gasteiger charge is -2.00. The third-order valence-corrected chi connectivity index (χ3v) is 3.34. The van der Waals surface area contributed by atoms with Crippen LogP contribution in [0.2, 0.25) is 0 Å². The number of non-ortho nitro benzene ring substituents is 1. The first kappa shape index (κ1) is 14.8. The minimum absolute atomic E-state index is 0.0303. The van der Waals surface area contributed by atoms with Gasteiger partial charge in [-0.15, -0.1) is 10.2 Å².